The van der Waals surface area contributed by atoms with E-state index < -0.39 is 23.7 Å². The fraction of sp³-hybridized carbons (Fsp3) is 0.462. The van der Waals surface area contributed by atoms with Gasteiger partial charge < -0.3 is 9.84 Å². The van der Waals surface area contributed by atoms with Crippen molar-refractivity contribution in [3.63, 3.8) is 0 Å². The van der Waals surface area contributed by atoms with Crippen LogP contribution in [0.5, 0.6) is 0 Å². The summed E-state index contributed by atoms with van der Waals surface area (Å²) in [5.41, 5.74) is 8.30. The van der Waals surface area contributed by atoms with Crippen LogP contribution in [-0.2, 0) is 9.53 Å². The molecule has 2 atom stereocenters. The van der Waals surface area contributed by atoms with Crippen molar-refractivity contribution in [2.24, 2.45) is 5.11 Å². The number of esters is 1. The van der Waals surface area contributed by atoms with Crippen LogP contribution >= 0.6 is 15.9 Å². The minimum Gasteiger partial charge on any atom is -0.460 e. The number of azide groups is 1. The summed E-state index contributed by atoms with van der Waals surface area (Å²) >= 11 is 3.28. The molecule has 0 saturated heterocycles. The van der Waals surface area contributed by atoms with Gasteiger partial charge in [-0.2, -0.15) is 0 Å². The maximum atomic E-state index is 12.0. The average molecular weight is 342 g/mol. The van der Waals surface area contributed by atoms with Crippen LogP contribution in [-0.4, -0.2) is 22.7 Å². The van der Waals surface area contributed by atoms with Gasteiger partial charge >= 0.3 is 5.97 Å². The first kappa shape index (κ1) is 16.5. The molecule has 6 nitrogen and oxygen atoms in total. The molecule has 108 valence electrons. The average Bonchev–Trinajstić information content (AvgIpc) is 2.34. The Morgan fingerprint density at radius 1 is 1.40 bits per heavy atom. The standard InChI is InChI=1S/C13H16BrN3O3/c1-13(2,3)20-12(19)10(16-17-15)11(18)8-4-6-9(14)7-5-8/h4-7,10-11,18H,1-3H3/t10-,11-/m1/s1. The van der Waals surface area contributed by atoms with Gasteiger partial charge in [-0.25, -0.2) is 0 Å². The second kappa shape index (κ2) is 6.74. The molecule has 7 heteroatoms. The molecular weight excluding hydrogens is 326 g/mol. The predicted octanol–water partition coefficient (Wildman–Crippen LogP) is 3.50. The molecule has 0 bridgehead atoms. The van der Waals surface area contributed by atoms with E-state index in [-0.39, 0.29) is 0 Å². The lowest BCUT2D eigenvalue weighted by atomic mass is 10.0. The molecule has 0 amide bonds. The Bertz CT molecular complexity index is 519. The molecule has 0 saturated carbocycles. The van der Waals surface area contributed by atoms with E-state index in [1.165, 1.54) is 0 Å². The fourth-order valence-electron chi connectivity index (χ4n) is 1.50. The van der Waals surface area contributed by atoms with Crippen LogP contribution in [0.25, 0.3) is 10.4 Å². The van der Waals surface area contributed by atoms with Crippen molar-refractivity contribution < 1.29 is 14.6 Å². The van der Waals surface area contributed by atoms with Gasteiger partial charge in [0.2, 0.25) is 0 Å². The second-order valence-corrected chi connectivity index (χ2v) is 6.10. The number of carbonyl (C=O) groups is 1. The predicted molar refractivity (Wildman–Crippen MR) is 77.9 cm³/mol. The van der Waals surface area contributed by atoms with Gasteiger partial charge in [0.25, 0.3) is 0 Å². The molecular formula is C13H16BrN3O3. The van der Waals surface area contributed by atoms with E-state index >= 15 is 0 Å². The highest BCUT2D eigenvalue weighted by Gasteiger charge is 2.31. The maximum Gasteiger partial charge on any atom is 0.318 e. The van der Waals surface area contributed by atoms with Crippen molar-refractivity contribution >= 4 is 21.9 Å². The topological polar surface area (TPSA) is 95.3 Å². The highest BCUT2D eigenvalue weighted by Crippen LogP contribution is 2.24. The van der Waals surface area contributed by atoms with Crippen LogP contribution in [0.1, 0.15) is 32.4 Å². The molecule has 0 unspecified atom stereocenters. The number of halogens is 1. The zero-order valence-corrected chi connectivity index (χ0v) is 13.0. The van der Waals surface area contributed by atoms with E-state index in [0.29, 0.717) is 5.56 Å². The van der Waals surface area contributed by atoms with E-state index in [9.17, 15) is 9.90 Å². The van der Waals surface area contributed by atoms with Crippen LogP contribution in [0.4, 0.5) is 0 Å². The quantitative estimate of drug-likeness (QED) is 0.392. The van der Waals surface area contributed by atoms with Crippen molar-refractivity contribution in [3.8, 4) is 0 Å². The van der Waals surface area contributed by atoms with Crippen LogP contribution in [0.15, 0.2) is 33.9 Å². The first-order valence-electron chi connectivity index (χ1n) is 5.95. The van der Waals surface area contributed by atoms with Crippen molar-refractivity contribution in [1.29, 1.82) is 0 Å². The first-order valence-corrected chi connectivity index (χ1v) is 6.74. The number of aliphatic hydroxyl groups is 1. The Morgan fingerprint density at radius 3 is 2.40 bits per heavy atom. The largest absolute Gasteiger partial charge is 0.460 e. The molecule has 0 aliphatic rings. The molecule has 1 N–H and O–H groups in total. The Labute approximate surface area is 125 Å². The van der Waals surface area contributed by atoms with Gasteiger partial charge in [-0.15, -0.1) is 0 Å². The summed E-state index contributed by atoms with van der Waals surface area (Å²) in [7, 11) is 0. The summed E-state index contributed by atoms with van der Waals surface area (Å²) < 4.78 is 5.98. The second-order valence-electron chi connectivity index (χ2n) is 5.18. The smallest absolute Gasteiger partial charge is 0.318 e. The monoisotopic (exact) mass is 341 g/mol. The summed E-state index contributed by atoms with van der Waals surface area (Å²) in [6.45, 7) is 5.10. The third kappa shape index (κ3) is 4.85. The molecule has 1 aromatic rings. The van der Waals surface area contributed by atoms with E-state index in [2.05, 4.69) is 26.0 Å². The Kier molecular flexibility index (Phi) is 5.56. The van der Waals surface area contributed by atoms with E-state index in [1.807, 2.05) is 0 Å². The van der Waals surface area contributed by atoms with Gasteiger partial charge in [0.1, 0.15) is 5.60 Å². The van der Waals surface area contributed by atoms with Gasteiger partial charge in [-0.1, -0.05) is 33.2 Å². The Morgan fingerprint density at radius 2 is 1.95 bits per heavy atom. The molecule has 1 aromatic carbocycles. The van der Waals surface area contributed by atoms with Gasteiger partial charge in [0.15, 0.2) is 6.04 Å². The van der Waals surface area contributed by atoms with Crippen LogP contribution < -0.4 is 0 Å². The molecule has 20 heavy (non-hydrogen) atoms. The summed E-state index contributed by atoms with van der Waals surface area (Å²) in [4.78, 5) is 14.6. The number of ether oxygens (including phenoxy) is 1. The summed E-state index contributed by atoms with van der Waals surface area (Å²) in [5.74, 6) is -0.759. The number of carbonyl (C=O) groups excluding carboxylic acids is 1. The van der Waals surface area contributed by atoms with Crippen molar-refractivity contribution in [2.75, 3.05) is 0 Å². The zero-order chi connectivity index (χ0) is 15.3. The summed E-state index contributed by atoms with van der Waals surface area (Å²) in [5, 5.41) is 13.5. The number of hydrogen-bond donors (Lipinski definition) is 1. The van der Waals surface area contributed by atoms with Crippen LogP contribution in [0.3, 0.4) is 0 Å². The lowest BCUT2D eigenvalue weighted by Crippen LogP contribution is -2.34. The number of rotatable bonds is 4. The molecule has 0 aliphatic carbocycles. The van der Waals surface area contributed by atoms with Crippen LogP contribution in [0.2, 0.25) is 0 Å². The molecule has 0 radical (unpaired) electrons. The van der Waals surface area contributed by atoms with Crippen molar-refractivity contribution in [3.05, 3.63) is 44.7 Å². The van der Waals surface area contributed by atoms with Gasteiger partial charge in [-0.3, -0.25) is 4.79 Å². The number of hydrogen-bond acceptors (Lipinski definition) is 4. The van der Waals surface area contributed by atoms with Gasteiger partial charge in [-0.05, 0) is 44.0 Å². The first-order chi connectivity index (χ1) is 9.24. The number of aliphatic hydroxyl groups excluding tert-OH is 1. The normalized spacial score (nSPS) is 14.1. The third-order valence-electron chi connectivity index (χ3n) is 2.33. The van der Waals surface area contributed by atoms with Gasteiger partial charge in [0, 0.05) is 9.38 Å². The molecule has 0 heterocycles. The van der Waals surface area contributed by atoms with Gasteiger partial charge in [0.05, 0.1) is 6.10 Å². The molecule has 0 aliphatic heterocycles. The Hall–Kier alpha value is -1.56. The minimum absolute atomic E-state index is 0.469. The SMILES string of the molecule is CC(C)(C)OC(=O)[C@H](N=[N+]=[N-])[C@H](O)c1ccc(Br)cc1. The molecule has 1 rings (SSSR count). The van der Waals surface area contributed by atoms with Crippen molar-refractivity contribution in [2.45, 2.75) is 38.5 Å². The lowest BCUT2D eigenvalue weighted by molar-refractivity contribution is -0.159. The van der Waals surface area contributed by atoms with E-state index in [1.54, 1.807) is 45.0 Å². The molecule has 0 spiro atoms. The van der Waals surface area contributed by atoms with Crippen molar-refractivity contribution in [1.82, 2.24) is 0 Å². The zero-order valence-electron chi connectivity index (χ0n) is 11.4. The summed E-state index contributed by atoms with van der Waals surface area (Å²) in [6.07, 6.45) is -1.26. The fourth-order valence-corrected chi connectivity index (χ4v) is 1.76. The molecule has 0 aromatic heterocycles. The summed E-state index contributed by atoms with van der Waals surface area (Å²) in [6, 6.07) is 5.40. The maximum absolute atomic E-state index is 12.0. The van der Waals surface area contributed by atoms with E-state index in [0.717, 1.165) is 4.47 Å². The number of benzene rings is 1. The third-order valence-corrected chi connectivity index (χ3v) is 2.86. The number of nitrogens with zero attached hydrogens (tertiary/aromatic N) is 3. The Balaban J connectivity index is 2.98. The molecule has 0 fully saturated rings. The minimum atomic E-state index is -1.32. The van der Waals surface area contributed by atoms with Crippen LogP contribution in [0, 0.1) is 0 Å². The lowest BCUT2D eigenvalue weighted by Gasteiger charge is -2.24. The van der Waals surface area contributed by atoms with E-state index in [4.69, 9.17) is 10.3 Å². The highest BCUT2D eigenvalue weighted by molar-refractivity contribution is 9.10. The highest BCUT2D eigenvalue weighted by atomic mass is 79.9.